The third-order valence-corrected chi connectivity index (χ3v) is 5.04. The van der Waals surface area contributed by atoms with Gasteiger partial charge in [0.15, 0.2) is 0 Å². The van der Waals surface area contributed by atoms with Crippen LogP contribution in [0.15, 0.2) is 0 Å². The Bertz CT molecular complexity index is 280. The van der Waals surface area contributed by atoms with E-state index in [4.69, 9.17) is 4.74 Å². The van der Waals surface area contributed by atoms with Gasteiger partial charge in [0, 0.05) is 31.3 Å². The maximum Gasteiger partial charge on any atom is 0.0759 e. The van der Waals surface area contributed by atoms with Crippen molar-refractivity contribution in [1.82, 2.24) is 10.2 Å². The summed E-state index contributed by atoms with van der Waals surface area (Å²) in [6.45, 7) is 7.98. The zero-order chi connectivity index (χ0) is 12.5. The minimum atomic E-state index is 0.558. The van der Waals surface area contributed by atoms with Gasteiger partial charge in [-0.15, -0.1) is 0 Å². The van der Waals surface area contributed by atoms with E-state index in [1.165, 1.54) is 38.6 Å². The molecule has 0 aromatic rings. The summed E-state index contributed by atoms with van der Waals surface area (Å²) in [5, 5.41) is 3.61. The smallest absolute Gasteiger partial charge is 0.0759 e. The Kier molecular flexibility index (Phi) is 3.92. The third kappa shape index (κ3) is 2.59. The van der Waals surface area contributed by atoms with E-state index in [0.29, 0.717) is 6.10 Å². The van der Waals surface area contributed by atoms with Crippen LogP contribution in [-0.2, 0) is 4.74 Å². The molecular weight excluding hydrogens is 224 g/mol. The van der Waals surface area contributed by atoms with Crippen molar-refractivity contribution >= 4 is 0 Å². The van der Waals surface area contributed by atoms with Crippen LogP contribution in [0.5, 0.6) is 0 Å². The molecule has 3 aliphatic rings. The van der Waals surface area contributed by atoms with E-state index >= 15 is 0 Å². The molecule has 2 saturated heterocycles. The quantitative estimate of drug-likeness (QED) is 0.828. The van der Waals surface area contributed by atoms with Crippen LogP contribution in [0.4, 0.5) is 0 Å². The fraction of sp³-hybridized carbons (Fsp3) is 1.00. The van der Waals surface area contributed by atoms with Gasteiger partial charge in [-0.3, -0.25) is 4.90 Å². The maximum atomic E-state index is 6.01. The largest absolute Gasteiger partial charge is 0.376 e. The van der Waals surface area contributed by atoms with E-state index in [1.54, 1.807) is 0 Å². The molecule has 3 nitrogen and oxygen atoms in total. The fourth-order valence-electron chi connectivity index (χ4n) is 3.99. The summed E-state index contributed by atoms with van der Waals surface area (Å²) >= 11 is 0. The first-order chi connectivity index (χ1) is 8.79. The lowest BCUT2D eigenvalue weighted by molar-refractivity contribution is 0.0155. The lowest BCUT2D eigenvalue weighted by Gasteiger charge is -2.43. The molecule has 1 aliphatic carbocycles. The van der Waals surface area contributed by atoms with Crippen LogP contribution in [-0.4, -0.2) is 48.8 Å². The van der Waals surface area contributed by atoms with Crippen LogP contribution >= 0.6 is 0 Å². The highest BCUT2D eigenvalue weighted by Gasteiger charge is 2.44. The van der Waals surface area contributed by atoms with Crippen molar-refractivity contribution < 1.29 is 4.74 Å². The van der Waals surface area contributed by atoms with Crippen molar-refractivity contribution in [2.24, 2.45) is 5.92 Å². The molecule has 104 valence electrons. The van der Waals surface area contributed by atoms with E-state index < -0.39 is 0 Å². The Balaban J connectivity index is 1.59. The minimum Gasteiger partial charge on any atom is -0.376 e. The van der Waals surface area contributed by atoms with Crippen LogP contribution in [0, 0.1) is 5.92 Å². The molecule has 0 amide bonds. The highest BCUT2D eigenvalue weighted by Crippen LogP contribution is 2.41. The average Bonchev–Trinajstić information content (AvgIpc) is 3.09. The molecule has 3 rings (SSSR count). The van der Waals surface area contributed by atoms with Crippen LogP contribution in [0.3, 0.4) is 0 Å². The molecule has 0 radical (unpaired) electrons. The van der Waals surface area contributed by atoms with Crippen LogP contribution < -0.4 is 5.32 Å². The topological polar surface area (TPSA) is 24.5 Å². The summed E-state index contributed by atoms with van der Waals surface area (Å²) in [4.78, 5) is 2.75. The minimum absolute atomic E-state index is 0.558. The first kappa shape index (κ1) is 12.9. The number of nitrogens with zero attached hydrogens (tertiary/aromatic N) is 1. The lowest BCUT2D eigenvalue weighted by Crippen LogP contribution is -2.53. The Labute approximate surface area is 111 Å². The molecular formula is C15H28N2O. The van der Waals surface area contributed by atoms with E-state index in [9.17, 15) is 0 Å². The molecule has 18 heavy (non-hydrogen) atoms. The summed E-state index contributed by atoms with van der Waals surface area (Å²) in [7, 11) is 0. The van der Waals surface area contributed by atoms with E-state index in [0.717, 1.165) is 37.2 Å². The summed E-state index contributed by atoms with van der Waals surface area (Å²) in [6, 6.07) is 2.17. The SMILES string of the molecule is CCNC1CCN(C2CCOC2C2CC2)C(C)C1. The number of hydrogen-bond acceptors (Lipinski definition) is 3. The van der Waals surface area contributed by atoms with Crippen molar-refractivity contribution in [2.45, 2.75) is 70.2 Å². The van der Waals surface area contributed by atoms with Crippen molar-refractivity contribution in [3.05, 3.63) is 0 Å². The molecule has 4 unspecified atom stereocenters. The summed E-state index contributed by atoms with van der Waals surface area (Å²) < 4.78 is 6.01. The van der Waals surface area contributed by atoms with Crippen molar-refractivity contribution in [3.8, 4) is 0 Å². The van der Waals surface area contributed by atoms with Crippen LogP contribution in [0.1, 0.15) is 46.0 Å². The van der Waals surface area contributed by atoms with Gasteiger partial charge in [-0.05, 0) is 51.5 Å². The zero-order valence-corrected chi connectivity index (χ0v) is 11.9. The second kappa shape index (κ2) is 5.48. The van der Waals surface area contributed by atoms with E-state index in [-0.39, 0.29) is 0 Å². The number of rotatable bonds is 4. The number of ether oxygens (including phenoxy) is 1. The van der Waals surface area contributed by atoms with Crippen LogP contribution in [0.25, 0.3) is 0 Å². The molecule has 4 atom stereocenters. The molecule has 3 heteroatoms. The van der Waals surface area contributed by atoms with Gasteiger partial charge in [-0.25, -0.2) is 0 Å². The predicted molar refractivity (Wildman–Crippen MR) is 73.7 cm³/mol. The standard InChI is InChI=1S/C15H28N2O/c1-3-16-13-6-8-17(11(2)10-13)14-7-9-18-15(14)12-4-5-12/h11-16H,3-10H2,1-2H3. The highest BCUT2D eigenvalue weighted by molar-refractivity contribution is 4.97. The number of nitrogens with one attached hydrogen (secondary N) is 1. The number of piperidine rings is 1. The normalized spacial score (nSPS) is 42.3. The lowest BCUT2D eigenvalue weighted by atomic mass is 9.93. The van der Waals surface area contributed by atoms with Gasteiger partial charge < -0.3 is 10.1 Å². The average molecular weight is 252 g/mol. The molecule has 2 heterocycles. The number of hydrogen-bond donors (Lipinski definition) is 1. The zero-order valence-electron chi connectivity index (χ0n) is 11.9. The summed E-state index contributed by atoms with van der Waals surface area (Å²) in [6.07, 6.45) is 7.25. The molecule has 0 bridgehead atoms. The van der Waals surface area contributed by atoms with Gasteiger partial charge in [0.2, 0.25) is 0 Å². The van der Waals surface area contributed by atoms with Gasteiger partial charge in [0.05, 0.1) is 6.10 Å². The summed E-state index contributed by atoms with van der Waals surface area (Å²) in [5.74, 6) is 0.885. The molecule has 0 aromatic carbocycles. The van der Waals surface area contributed by atoms with E-state index in [2.05, 4.69) is 24.1 Å². The fourth-order valence-corrected chi connectivity index (χ4v) is 3.99. The van der Waals surface area contributed by atoms with Crippen molar-refractivity contribution in [1.29, 1.82) is 0 Å². The predicted octanol–water partition coefficient (Wildman–Crippen LogP) is 2.02. The van der Waals surface area contributed by atoms with Gasteiger partial charge in [0.25, 0.3) is 0 Å². The van der Waals surface area contributed by atoms with E-state index in [1.807, 2.05) is 0 Å². The molecule has 0 spiro atoms. The van der Waals surface area contributed by atoms with Crippen molar-refractivity contribution in [2.75, 3.05) is 19.7 Å². The highest BCUT2D eigenvalue weighted by atomic mass is 16.5. The molecule has 1 N–H and O–H groups in total. The molecule has 1 saturated carbocycles. The Morgan fingerprint density at radius 1 is 1.22 bits per heavy atom. The molecule has 0 aromatic heterocycles. The summed E-state index contributed by atoms with van der Waals surface area (Å²) in [5.41, 5.74) is 0. The van der Waals surface area contributed by atoms with Gasteiger partial charge >= 0.3 is 0 Å². The Morgan fingerprint density at radius 3 is 2.72 bits per heavy atom. The Hall–Kier alpha value is -0.120. The first-order valence-corrected chi connectivity index (χ1v) is 7.90. The molecule has 2 aliphatic heterocycles. The van der Waals surface area contributed by atoms with Gasteiger partial charge in [-0.1, -0.05) is 6.92 Å². The Morgan fingerprint density at radius 2 is 2.06 bits per heavy atom. The van der Waals surface area contributed by atoms with Gasteiger partial charge in [-0.2, -0.15) is 0 Å². The second-order valence-corrected chi connectivity index (χ2v) is 6.39. The monoisotopic (exact) mass is 252 g/mol. The van der Waals surface area contributed by atoms with Crippen LogP contribution in [0.2, 0.25) is 0 Å². The second-order valence-electron chi connectivity index (χ2n) is 6.39. The maximum absolute atomic E-state index is 6.01. The third-order valence-electron chi connectivity index (χ3n) is 5.04. The van der Waals surface area contributed by atoms with Crippen molar-refractivity contribution in [3.63, 3.8) is 0 Å². The first-order valence-electron chi connectivity index (χ1n) is 7.90. The number of likely N-dealkylation sites (tertiary alicyclic amines) is 1. The molecule has 3 fully saturated rings. The van der Waals surface area contributed by atoms with Gasteiger partial charge in [0.1, 0.15) is 0 Å².